The van der Waals surface area contributed by atoms with Gasteiger partial charge in [0.25, 0.3) is 0 Å². The molecule has 0 amide bonds. The summed E-state index contributed by atoms with van der Waals surface area (Å²) in [6.07, 6.45) is 6.01. The van der Waals surface area contributed by atoms with Crippen LogP contribution in [0.2, 0.25) is 0 Å². The van der Waals surface area contributed by atoms with Crippen LogP contribution >= 0.6 is 0 Å². The summed E-state index contributed by atoms with van der Waals surface area (Å²) in [5.74, 6) is -0.697. The van der Waals surface area contributed by atoms with Crippen LogP contribution in [0.15, 0.2) is 12.1 Å². The van der Waals surface area contributed by atoms with Gasteiger partial charge in [-0.2, -0.15) is 0 Å². The zero-order valence-corrected chi connectivity index (χ0v) is 9.81. The summed E-state index contributed by atoms with van der Waals surface area (Å²) in [6, 6.07) is 2.29. The SMILES string of the molecule is Nc1cc(F)c(NCC2CCCCC2)c(F)c1. The smallest absolute Gasteiger partial charge is 0.151 e. The summed E-state index contributed by atoms with van der Waals surface area (Å²) in [5, 5.41) is 2.87. The summed E-state index contributed by atoms with van der Waals surface area (Å²) in [7, 11) is 0. The van der Waals surface area contributed by atoms with Crippen molar-refractivity contribution in [3.05, 3.63) is 23.8 Å². The van der Waals surface area contributed by atoms with Gasteiger partial charge in [0.1, 0.15) is 5.69 Å². The van der Waals surface area contributed by atoms with Crippen molar-refractivity contribution in [3.63, 3.8) is 0 Å². The normalized spacial score (nSPS) is 17.1. The molecule has 0 spiro atoms. The molecule has 1 saturated carbocycles. The number of hydrogen-bond donors (Lipinski definition) is 2. The molecule has 0 unspecified atom stereocenters. The number of nitrogens with one attached hydrogen (secondary N) is 1. The zero-order chi connectivity index (χ0) is 12.3. The van der Waals surface area contributed by atoms with Crippen molar-refractivity contribution >= 4 is 11.4 Å². The average Bonchev–Trinajstić information content (AvgIpc) is 2.29. The van der Waals surface area contributed by atoms with Gasteiger partial charge in [0.05, 0.1) is 0 Å². The van der Waals surface area contributed by atoms with Crippen molar-refractivity contribution in [1.29, 1.82) is 0 Å². The summed E-state index contributed by atoms with van der Waals surface area (Å²) in [5.41, 5.74) is 5.42. The second-order valence-electron chi connectivity index (χ2n) is 4.74. The van der Waals surface area contributed by atoms with Crippen molar-refractivity contribution < 1.29 is 8.78 Å². The lowest BCUT2D eigenvalue weighted by Crippen LogP contribution is -2.18. The van der Waals surface area contributed by atoms with E-state index in [9.17, 15) is 8.78 Å². The summed E-state index contributed by atoms with van der Waals surface area (Å²) >= 11 is 0. The van der Waals surface area contributed by atoms with E-state index < -0.39 is 11.6 Å². The fourth-order valence-electron chi connectivity index (χ4n) is 2.40. The standard InChI is InChI=1S/C13H18F2N2/c14-11-6-10(16)7-12(15)13(11)17-8-9-4-2-1-3-5-9/h6-7,9,17H,1-5,8,16H2. The molecule has 0 aliphatic heterocycles. The lowest BCUT2D eigenvalue weighted by atomic mass is 9.89. The second kappa shape index (κ2) is 5.34. The number of nitrogens with two attached hydrogens (primary N) is 1. The van der Waals surface area contributed by atoms with Gasteiger partial charge in [0.15, 0.2) is 11.6 Å². The van der Waals surface area contributed by atoms with Crippen LogP contribution in [-0.4, -0.2) is 6.54 Å². The minimum atomic E-state index is -0.613. The fourth-order valence-corrected chi connectivity index (χ4v) is 2.40. The van der Waals surface area contributed by atoms with E-state index in [4.69, 9.17) is 5.73 Å². The van der Waals surface area contributed by atoms with Gasteiger partial charge in [0.2, 0.25) is 0 Å². The third-order valence-electron chi connectivity index (χ3n) is 3.36. The van der Waals surface area contributed by atoms with Crippen molar-refractivity contribution in [2.45, 2.75) is 32.1 Å². The quantitative estimate of drug-likeness (QED) is 0.793. The van der Waals surface area contributed by atoms with Gasteiger partial charge in [0, 0.05) is 12.2 Å². The Morgan fingerprint density at radius 2 is 1.71 bits per heavy atom. The van der Waals surface area contributed by atoms with E-state index >= 15 is 0 Å². The highest BCUT2D eigenvalue weighted by Crippen LogP contribution is 2.26. The molecule has 17 heavy (non-hydrogen) atoms. The molecule has 3 N–H and O–H groups in total. The first-order chi connectivity index (χ1) is 8.16. The Hall–Kier alpha value is -1.32. The second-order valence-corrected chi connectivity index (χ2v) is 4.74. The summed E-state index contributed by atoms with van der Waals surface area (Å²) in [4.78, 5) is 0. The van der Waals surface area contributed by atoms with Gasteiger partial charge in [-0.15, -0.1) is 0 Å². The van der Waals surface area contributed by atoms with E-state index in [1.54, 1.807) is 0 Å². The van der Waals surface area contributed by atoms with Gasteiger partial charge >= 0.3 is 0 Å². The van der Waals surface area contributed by atoms with Crippen LogP contribution < -0.4 is 11.1 Å². The maximum absolute atomic E-state index is 13.5. The number of nitrogen functional groups attached to an aromatic ring is 1. The summed E-state index contributed by atoms with van der Waals surface area (Å²) in [6.45, 7) is 0.637. The molecule has 0 radical (unpaired) electrons. The number of anilines is 2. The first-order valence-electron chi connectivity index (χ1n) is 6.15. The first-order valence-corrected chi connectivity index (χ1v) is 6.15. The van der Waals surface area contributed by atoms with Crippen molar-refractivity contribution in [1.82, 2.24) is 0 Å². The van der Waals surface area contributed by atoms with E-state index in [1.807, 2.05) is 0 Å². The van der Waals surface area contributed by atoms with Gasteiger partial charge in [-0.3, -0.25) is 0 Å². The maximum atomic E-state index is 13.5. The van der Waals surface area contributed by atoms with E-state index in [0.29, 0.717) is 12.5 Å². The van der Waals surface area contributed by atoms with E-state index in [-0.39, 0.29) is 11.4 Å². The minimum absolute atomic E-state index is 0.0511. The zero-order valence-electron chi connectivity index (χ0n) is 9.81. The van der Waals surface area contributed by atoms with Crippen molar-refractivity contribution in [2.75, 3.05) is 17.6 Å². The molecule has 1 aromatic rings. The summed E-state index contributed by atoms with van der Waals surface area (Å²) < 4.78 is 27.0. The highest BCUT2D eigenvalue weighted by molar-refractivity contribution is 5.54. The lowest BCUT2D eigenvalue weighted by Gasteiger charge is -2.22. The van der Waals surface area contributed by atoms with Gasteiger partial charge in [-0.05, 0) is 30.9 Å². The molecule has 0 atom stereocenters. The molecule has 2 nitrogen and oxygen atoms in total. The fraction of sp³-hybridized carbons (Fsp3) is 0.538. The molecule has 2 rings (SSSR count). The number of rotatable bonds is 3. The van der Waals surface area contributed by atoms with E-state index in [2.05, 4.69) is 5.32 Å². The van der Waals surface area contributed by atoms with E-state index in [1.165, 1.54) is 19.3 Å². The molecule has 0 saturated heterocycles. The van der Waals surface area contributed by atoms with Crippen molar-refractivity contribution in [3.8, 4) is 0 Å². The van der Waals surface area contributed by atoms with Crippen LogP contribution in [0.4, 0.5) is 20.2 Å². The van der Waals surface area contributed by atoms with E-state index in [0.717, 1.165) is 25.0 Å². The predicted octanol–water partition coefficient (Wildman–Crippen LogP) is 3.54. The average molecular weight is 240 g/mol. The van der Waals surface area contributed by atoms with Crippen LogP contribution in [0.25, 0.3) is 0 Å². The Labute approximate surface area is 100 Å². The predicted molar refractivity (Wildman–Crippen MR) is 65.8 cm³/mol. The Kier molecular flexibility index (Phi) is 3.82. The molecule has 1 aliphatic carbocycles. The van der Waals surface area contributed by atoms with Gasteiger partial charge in [-0.1, -0.05) is 19.3 Å². The number of hydrogen-bond acceptors (Lipinski definition) is 2. The molecule has 4 heteroatoms. The molecule has 0 heterocycles. The lowest BCUT2D eigenvalue weighted by molar-refractivity contribution is 0.372. The van der Waals surface area contributed by atoms with Crippen LogP contribution in [0.5, 0.6) is 0 Å². The molecule has 0 aromatic heterocycles. The molecule has 0 bridgehead atoms. The van der Waals surface area contributed by atoms with Gasteiger partial charge < -0.3 is 11.1 Å². The largest absolute Gasteiger partial charge is 0.399 e. The monoisotopic (exact) mass is 240 g/mol. The van der Waals surface area contributed by atoms with Crippen LogP contribution in [0, 0.1) is 17.6 Å². The van der Waals surface area contributed by atoms with Gasteiger partial charge in [-0.25, -0.2) is 8.78 Å². The highest BCUT2D eigenvalue weighted by atomic mass is 19.1. The topological polar surface area (TPSA) is 38.0 Å². The molecule has 1 fully saturated rings. The molecule has 94 valence electrons. The Bertz CT molecular complexity index is 364. The molecular weight excluding hydrogens is 222 g/mol. The first kappa shape index (κ1) is 12.1. The van der Waals surface area contributed by atoms with Crippen LogP contribution in [0.1, 0.15) is 32.1 Å². The minimum Gasteiger partial charge on any atom is -0.399 e. The molecular formula is C13H18F2N2. The Morgan fingerprint density at radius 1 is 1.12 bits per heavy atom. The number of benzene rings is 1. The Balaban J connectivity index is 1.98. The Morgan fingerprint density at radius 3 is 2.29 bits per heavy atom. The molecule has 1 aliphatic rings. The third-order valence-corrected chi connectivity index (χ3v) is 3.36. The highest BCUT2D eigenvalue weighted by Gasteiger charge is 2.15. The van der Waals surface area contributed by atoms with Crippen molar-refractivity contribution in [2.24, 2.45) is 5.92 Å². The number of halogens is 2. The third kappa shape index (κ3) is 3.08. The van der Waals surface area contributed by atoms with Crippen LogP contribution in [-0.2, 0) is 0 Å². The van der Waals surface area contributed by atoms with Crippen LogP contribution in [0.3, 0.4) is 0 Å². The maximum Gasteiger partial charge on any atom is 0.151 e. The molecule has 1 aromatic carbocycles.